The molecule has 0 saturated carbocycles. The van der Waals surface area contributed by atoms with E-state index in [0.717, 1.165) is 39.8 Å². The van der Waals surface area contributed by atoms with Gasteiger partial charge in [-0.2, -0.15) is 0 Å². The van der Waals surface area contributed by atoms with Gasteiger partial charge < -0.3 is 9.32 Å². The standard InChI is InChI=1S/C25H27N3O3S/c1-5-27(6-2)13-14-28(25-26-22-17(4)16(3)11-12-21(22)32-25)23(29)19-15-18-9-7-8-10-20(18)31-24(19)30/h7-12,15H,5-6,13-14H2,1-4H3. The molecule has 0 saturated heterocycles. The molecule has 0 bridgehead atoms. The van der Waals surface area contributed by atoms with Crippen LogP contribution in [0.25, 0.3) is 21.2 Å². The molecule has 1 amide bonds. The summed E-state index contributed by atoms with van der Waals surface area (Å²) in [5.74, 6) is -0.384. The molecule has 0 aliphatic rings. The number of nitrogens with zero attached hydrogens (tertiary/aromatic N) is 3. The Labute approximate surface area is 191 Å². The summed E-state index contributed by atoms with van der Waals surface area (Å²) in [5.41, 5.74) is 3.02. The molecule has 0 radical (unpaired) electrons. The average molecular weight is 450 g/mol. The van der Waals surface area contributed by atoms with Crippen LogP contribution in [0.2, 0.25) is 0 Å². The second kappa shape index (κ2) is 9.22. The number of fused-ring (bicyclic) bond motifs is 2. The van der Waals surface area contributed by atoms with Gasteiger partial charge in [-0.05, 0) is 56.3 Å². The van der Waals surface area contributed by atoms with Crippen molar-refractivity contribution in [3.63, 3.8) is 0 Å². The first-order valence-electron chi connectivity index (χ1n) is 10.9. The van der Waals surface area contributed by atoms with Crippen LogP contribution >= 0.6 is 11.3 Å². The Kier molecular flexibility index (Phi) is 6.39. The lowest BCUT2D eigenvalue weighted by molar-refractivity contribution is 0.0980. The Bertz CT molecular complexity index is 1340. The van der Waals surface area contributed by atoms with Crippen molar-refractivity contribution in [1.82, 2.24) is 9.88 Å². The molecular weight excluding hydrogens is 422 g/mol. The second-order valence-electron chi connectivity index (χ2n) is 7.82. The lowest BCUT2D eigenvalue weighted by atomic mass is 10.1. The summed E-state index contributed by atoms with van der Waals surface area (Å²) in [6.45, 7) is 11.2. The quantitative estimate of drug-likeness (QED) is 0.371. The van der Waals surface area contributed by atoms with E-state index in [4.69, 9.17) is 9.40 Å². The zero-order valence-corrected chi connectivity index (χ0v) is 19.7. The maximum atomic E-state index is 13.6. The van der Waals surface area contributed by atoms with Gasteiger partial charge in [-0.25, -0.2) is 9.78 Å². The topological polar surface area (TPSA) is 66.7 Å². The zero-order chi connectivity index (χ0) is 22.8. The van der Waals surface area contributed by atoms with Crippen LogP contribution in [0.1, 0.15) is 35.3 Å². The molecule has 7 heteroatoms. The summed E-state index contributed by atoms with van der Waals surface area (Å²) >= 11 is 1.47. The predicted octanol–water partition coefficient (Wildman–Crippen LogP) is 5.01. The van der Waals surface area contributed by atoms with Gasteiger partial charge >= 0.3 is 5.63 Å². The largest absolute Gasteiger partial charge is 0.422 e. The van der Waals surface area contributed by atoms with Crippen LogP contribution in [0.4, 0.5) is 5.13 Å². The van der Waals surface area contributed by atoms with Gasteiger partial charge in [0.2, 0.25) is 0 Å². The van der Waals surface area contributed by atoms with E-state index < -0.39 is 5.63 Å². The molecule has 4 rings (SSSR count). The summed E-state index contributed by atoms with van der Waals surface area (Å²) in [5, 5.41) is 1.31. The fraction of sp³-hybridized carbons (Fsp3) is 0.320. The number of likely N-dealkylation sites (N-methyl/N-ethyl adjacent to an activating group) is 1. The average Bonchev–Trinajstić information content (AvgIpc) is 3.23. The number of carbonyl (C=O) groups excluding carboxylic acids is 1. The van der Waals surface area contributed by atoms with Gasteiger partial charge in [0.15, 0.2) is 5.13 Å². The smallest absolute Gasteiger partial charge is 0.349 e. The summed E-state index contributed by atoms with van der Waals surface area (Å²) in [4.78, 5) is 35.0. The minimum atomic E-state index is -0.630. The predicted molar refractivity (Wildman–Crippen MR) is 131 cm³/mol. The molecule has 4 aromatic rings. The summed E-state index contributed by atoms with van der Waals surface area (Å²) in [7, 11) is 0. The lowest BCUT2D eigenvalue weighted by Gasteiger charge is -2.24. The molecule has 0 aliphatic carbocycles. The number of rotatable bonds is 7. The summed E-state index contributed by atoms with van der Waals surface area (Å²) in [6.07, 6.45) is 0. The van der Waals surface area contributed by atoms with Gasteiger partial charge in [0.25, 0.3) is 5.91 Å². The molecule has 0 aliphatic heterocycles. The van der Waals surface area contributed by atoms with Crippen LogP contribution in [0, 0.1) is 13.8 Å². The highest BCUT2D eigenvalue weighted by atomic mass is 32.1. The molecule has 0 fully saturated rings. The molecule has 0 spiro atoms. The van der Waals surface area contributed by atoms with Crippen molar-refractivity contribution in [3.05, 3.63) is 69.6 Å². The summed E-state index contributed by atoms with van der Waals surface area (Å²) < 4.78 is 6.45. The third-order valence-corrected chi connectivity index (χ3v) is 7.00. The molecule has 6 nitrogen and oxygen atoms in total. The van der Waals surface area contributed by atoms with Crippen LogP contribution in [-0.2, 0) is 0 Å². The van der Waals surface area contributed by atoms with E-state index in [2.05, 4.69) is 31.7 Å². The number of para-hydroxylation sites is 1. The highest BCUT2D eigenvalue weighted by Crippen LogP contribution is 2.32. The Morgan fingerprint density at radius 1 is 1.06 bits per heavy atom. The van der Waals surface area contributed by atoms with Crippen LogP contribution in [0.15, 0.2) is 51.7 Å². The number of hydrogen-bond donors (Lipinski definition) is 0. The van der Waals surface area contributed by atoms with Crippen molar-refractivity contribution in [2.75, 3.05) is 31.1 Å². The van der Waals surface area contributed by atoms with Crippen LogP contribution in [-0.4, -0.2) is 42.0 Å². The number of thiazole rings is 1. The third-order valence-electron chi connectivity index (χ3n) is 5.96. The van der Waals surface area contributed by atoms with Crippen molar-refractivity contribution in [3.8, 4) is 0 Å². The van der Waals surface area contributed by atoms with E-state index in [0.29, 0.717) is 23.8 Å². The number of hydrogen-bond acceptors (Lipinski definition) is 6. The van der Waals surface area contributed by atoms with Gasteiger partial charge in [0.05, 0.1) is 10.2 Å². The number of anilines is 1. The Morgan fingerprint density at radius 3 is 2.56 bits per heavy atom. The molecule has 0 atom stereocenters. The van der Waals surface area contributed by atoms with E-state index in [1.807, 2.05) is 25.1 Å². The lowest BCUT2D eigenvalue weighted by Crippen LogP contribution is -2.40. The molecule has 2 aromatic carbocycles. The monoisotopic (exact) mass is 449 g/mol. The van der Waals surface area contributed by atoms with Crippen molar-refractivity contribution in [1.29, 1.82) is 0 Å². The van der Waals surface area contributed by atoms with E-state index >= 15 is 0 Å². The zero-order valence-electron chi connectivity index (χ0n) is 18.8. The van der Waals surface area contributed by atoms with E-state index in [1.54, 1.807) is 23.1 Å². The van der Waals surface area contributed by atoms with Gasteiger partial charge in [0.1, 0.15) is 11.1 Å². The molecule has 0 N–H and O–H groups in total. The van der Waals surface area contributed by atoms with Crippen LogP contribution < -0.4 is 10.5 Å². The summed E-state index contributed by atoms with van der Waals surface area (Å²) in [6, 6.07) is 12.9. The number of benzene rings is 2. The van der Waals surface area contributed by atoms with Crippen molar-refractivity contribution in [2.24, 2.45) is 0 Å². The molecule has 32 heavy (non-hydrogen) atoms. The number of aromatic nitrogens is 1. The van der Waals surface area contributed by atoms with Gasteiger partial charge in [0, 0.05) is 18.5 Å². The van der Waals surface area contributed by atoms with Crippen LogP contribution in [0.3, 0.4) is 0 Å². The first-order chi connectivity index (χ1) is 15.4. The highest BCUT2D eigenvalue weighted by molar-refractivity contribution is 7.22. The van der Waals surface area contributed by atoms with E-state index in [-0.39, 0.29) is 11.5 Å². The number of amides is 1. The SMILES string of the molecule is CCN(CC)CCN(C(=O)c1cc2ccccc2oc1=O)c1nc2c(C)c(C)ccc2s1. The first-order valence-corrected chi connectivity index (χ1v) is 11.7. The van der Waals surface area contributed by atoms with Gasteiger partial charge in [-0.1, -0.05) is 49.4 Å². The van der Waals surface area contributed by atoms with Crippen molar-refractivity contribution in [2.45, 2.75) is 27.7 Å². The number of aryl methyl sites for hydroxylation is 2. The molecule has 0 unspecified atom stereocenters. The van der Waals surface area contributed by atoms with Crippen molar-refractivity contribution < 1.29 is 9.21 Å². The fourth-order valence-corrected chi connectivity index (χ4v) is 4.80. The Morgan fingerprint density at radius 2 is 1.81 bits per heavy atom. The molecule has 166 valence electrons. The minimum absolute atomic E-state index is 0.0235. The fourth-order valence-electron chi connectivity index (χ4n) is 3.75. The Hall–Kier alpha value is -3.03. The van der Waals surface area contributed by atoms with Gasteiger partial charge in [-0.3, -0.25) is 9.69 Å². The van der Waals surface area contributed by atoms with E-state index in [9.17, 15) is 9.59 Å². The third kappa shape index (κ3) is 4.18. The van der Waals surface area contributed by atoms with Gasteiger partial charge in [-0.15, -0.1) is 0 Å². The maximum absolute atomic E-state index is 13.6. The van der Waals surface area contributed by atoms with E-state index in [1.165, 1.54) is 11.3 Å². The number of carbonyl (C=O) groups is 1. The molecular formula is C25H27N3O3S. The first kappa shape index (κ1) is 22.2. The van der Waals surface area contributed by atoms with Crippen LogP contribution in [0.5, 0.6) is 0 Å². The van der Waals surface area contributed by atoms with Crippen molar-refractivity contribution >= 4 is 43.6 Å². The molecule has 2 heterocycles. The maximum Gasteiger partial charge on any atom is 0.349 e. The second-order valence-corrected chi connectivity index (χ2v) is 8.83. The highest BCUT2D eigenvalue weighted by Gasteiger charge is 2.25. The minimum Gasteiger partial charge on any atom is -0.422 e. The Balaban J connectivity index is 1.79. The normalized spacial score (nSPS) is 11.5. The molecule has 2 aromatic heterocycles.